The Labute approximate surface area is 79.2 Å². The summed E-state index contributed by atoms with van der Waals surface area (Å²) in [7, 11) is 0. The van der Waals surface area contributed by atoms with E-state index in [0.717, 1.165) is 19.4 Å². The fourth-order valence-electron chi connectivity index (χ4n) is 1.57. The van der Waals surface area contributed by atoms with Gasteiger partial charge in [0.05, 0.1) is 12.0 Å². The van der Waals surface area contributed by atoms with Gasteiger partial charge in [0, 0.05) is 13.2 Å². The molecule has 1 amide bonds. The Kier molecular flexibility index (Phi) is 3.96. The number of hydrogen-bond donors (Lipinski definition) is 1. The molecule has 3 nitrogen and oxygen atoms in total. The number of rotatable bonds is 3. The normalized spacial score (nSPS) is 28.1. The molecule has 2 atom stereocenters. The zero-order valence-electron chi connectivity index (χ0n) is 8.08. The molecule has 0 bridgehead atoms. The van der Waals surface area contributed by atoms with Crippen molar-refractivity contribution in [2.45, 2.75) is 25.9 Å². The van der Waals surface area contributed by atoms with Gasteiger partial charge < -0.3 is 10.1 Å². The first-order valence-electron chi connectivity index (χ1n) is 4.76. The van der Waals surface area contributed by atoms with Crippen molar-refractivity contribution in [3.8, 4) is 0 Å². The zero-order valence-corrected chi connectivity index (χ0v) is 8.08. The van der Waals surface area contributed by atoms with Crippen LogP contribution < -0.4 is 5.32 Å². The van der Waals surface area contributed by atoms with Crippen LogP contribution in [0, 0.1) is 5.92 Å². The Morgan fingerprint density at radius 2 is 2.54 bits per heavy atom. The van der Waals surface area contributed by atoms with Crippen molar-refractivity contribution in [2.75, 3.05) is 13.2 Å². The second kappa shape index (κ2) is 5.02. The highest BCUT2D eigenvalue weighted by molar-refractivity contribution is 5.79. The van der Waals surface area contributed by atoms with Gasteiger partial charge in [-0.1, -0.05) is 6.08 Å². The predicted molar refractivity (Wildman–Crippen MR) is 51.3 cm³/mol. The molecule has 1 saturated heterocycles. The number of carbonyl (C=O) groups excluding carboxylic acids is 1. The number of ether oxygens (including phenoxy) is 1. The summed E-state index contributed by atoms with van der Waals surface area (Å²) in [5.74, 6) is 0.112. The van der Waals surface area contributed by atoms with E-state index in [4.69, 9.17) is 4.74 Å². The summed E-state index contributed by atoms with van der Waals surface area (Å²) in [5, 5.41) is 2.80. The summed E-state index contributed by atoms with van der Waals surface area (Å²) in [6, 6.07) is 0. The van der Waals surface area contributed by atoms with Crippen LogP contribution in [0.5, 0.6) is 0 Å². The molecule has 1 rings (SSSR count). The Balaban J connectivity index is 2.39. The number of amides is 1. The molecule has 13 heavy (non-hydrogen) atoms. The molecule has 0 saturated carbocycles. The minimum atomic E-state index is 0.0219. The van der Waals surface area contributed by atoms with Crippen LogP contribution in [-0.2, 0) is 9.53 Å². The zero-order chi connectivity index (χ0) is 9.68. The van der Waals surface area contributed by atoms with Gasteiger partial charge in [-0.15, -0.1) is 6.58 Å². The molecule has 3 heteroatoms. The van der Waals surface area contributed by atoms with Crippen molar-refractivity contribution in [1.29, 1.82) is 0 Å². The van der Waals surface area contributed by atoms with Gasteiger partial charge in [0.2, 0.25) is 5.91 Å². The van der Waals surface area contributed by atoms with Crippen LogP contribution in [0.2, 0.25) is 0 Å². The van der Waals surface area contributed by atoms with Crippen LogP contribution in [0.3, 0.4) is 0 Å². The fourth-order valence-corrected chi connectivity index (χ4v) is 1.57. The molecule has 0 aromatic heterocycles. The first-order chi connectivity index (χ1) is 6.25. The number of carbonyl (C=O) groups is 1. The van der Waals surface area contributed by atoms with Gasteiger partial charge in [-0.2, -0.15) is 0 Å². The highest BCUT2D eigenvalue weighted by atomic mass is 16.5. The molecule has 1 N–H and O–H groups in total. The van der Waals surface area contributed by atoms with Gasteiger partial charge in [-0.3, -0.25) is 4.79 Å². The van der Waals surface area contributed by atoms with Gasteiger partial charge >= 0.3 is 0 Å². The van der Waals surface area contributed by atoms with Gasteiger partial charge in [0.1, 0.15) is 0 Å². The van der Waals surface area contributed by atoms with E-state index in [1.807, 2.05) is 6.92 Å². The third-order valence-electron chi connectivity index (χ3n) is 2.36. The molecule has 0 aromatic rings. The molecule has 0 aromatic carbocycles. The lowest BCUT2D eigenvalue weighted by Crippen LogP contribution is -2.40. The highest BCUT2D eigenvalue weighted by Crippen LogP contribution is 2.20. The second-order valence-corrected chi connectivity index (χ2v) is 3.36. The molecule has 1 aliphatic rings. The van der Waals surface area contributed by atoms with Crippen LogP contribution in [0.4, 0.5) is 0 Å². The van der Waals surface area contributed by atoms with E-state index in [2.05, 4.69) is 11.9 Å². The summed E-state index contributed by atoms with van der Waals surface area (Å²) in [5.41, 5.74) is 0. The van der Waals surface area contributed by atoms with Crippen LogP contribution in [0.25, 0.3) is 0 Å². The van der Waals surface area contributed by atoms with Crippen LogP contribution in [-0.4, -0.2) is 25.2 Å². The van der Waals surface area contributed by atoms with E-state index in [-0.39, 0.29) is 17.9 Å². The van der Waals surface area contributed by atoms with Crippen molar-refractivity contribution < 1.29 is 9.53 Å². The SMILES string of the molecule is C=CCNC(=O)[C@@H]1CCCO[C@@H]1C. The van der Waals surface area contributed by atoms with Crippen LogP contribution in [0.1, 0.15) is 19.8 Å². The molecule has 74 valence electrons. The van der Waals surface area contributed by atoms with Gasteiger partial charge in [0.25, 0.3) is 0 Å². The fraction of sp³-hybridized carbons (Fsp3) is 0.700. The Morgan fingerprint density at radius 1 is 1.77 bits per heavy atom. The van der Waals surface area contributed by atoms with E-state index < -0.39 is 0 Å². The first-order valence-corrected chi connectivity index (χ1v) is 4.76. The molecule has 1 aliphatic heterocycles. The standard InChI is InChI=1S/C10H17NO2/c1-3-6-11-10(12)9-5-4-7-13-8(9)2/h3,8-9H,1,4-7H2,2H3,(H,11,12)/t8-,9-/m1/s1. The topological polar surface area (TPSA) is 38.3 Å². The van der Waals surface area contributed by atoms with Crippen LogP contribution >= 0.6 is 0 Å². The maximum absolute atomic E-state index is 11.5. The average molecular weight is 183 g/mol. The smallest absolute Gasteiger partial charge is 0.225 e. The summed E-state index contributed by atoms with van der Waals surface area (Å²) in [6.45, 7) is 6.83. The van der Waals surface area contributed by atoms with E-state index >= 15 is 0 Å². The molecule has 0 spiro atoms. The number of nitrogens with one attached hydrogen (secondary N) is 1. The third kappa shape index (κ3) is 2.84. The van der Waals surface area contributed by atoms with Crippen molar-refractivity contribution in [3.05, 3.63) is 12.7 Å². The predicted octanol–water partition coefficient (Wildman–Crippen LogP) is 1.10. The molecule has 0 aliphatic carbocycles. The summed E-state index contributed by atoms with van der Waals surface area (Å²) in [4.78, 5) is 11.5. The van der Waals surface area contributed by atoms with Crippen molar-refractivity contribution in [2.24, 2.45) is 5.92 Å². The molecular weight excluding hydrogens is 166 g/mol. The van der Waals surface area contributed by atoms with Crippen LogP contribution in [0.15, 0.2) is 12.7 Å². The van der Waals surface area contributed by atoms with E-state index in [0.29, 0.717) is 6.54 Å². The minimum absolute atomic E-state index is 0.0219. The van der Waals surface area contributed by atoms with Crippen molar-refractivity contribution in [3.63, 3.8) is 0 Å². The Bertz CT molecular complexity index is 191. The molecule has 0 unspecified atom stereocenters. The molecule has 1 fully saturated rings. The quantitative estimate of drug-likeness (QED) is 0.665. The van der Waals surface area contributed by atoms with E-state index in [1.165, 1.54) is 0 Å². The monoisotopic (exact) mass is 183 g/mol. The Hall–Kier alpha value is -0.830. The summed E-state index contributed by atoms with van der Waals surface area (Å²) in [6.07, 6.45) is 3.66. The Morgan fingerprint density at radius 3 is 3.15 bits per heavy atom. The first kappa shape index (κ1) is 10.3. The lowest BCUT2D eigenvalue weighted by atomic mass is 9.94. The lowest BCUT2D eigenvalue weighted by molar-refractivity contribution is -0.132. The minimum Gasteiger partial charge on any atom is -0.378 e. The maximum Gasteiger partial charge on any atom is 0.225 e. The van der Waals surface area contributed by atoms with E-state index in [9.17, 15) is 4.79 Å². The van der Waals surface area contributed by atoms with E-state index in [1.54, 1.807) is 6.08 Å². The molecular formula is C10H17NO2. The second-order valence-electron chi connectivity index (χ2n) is 3.36. The molecule has 1 heterocycles. The maximum atomic E-state index is 11.5. The summed E-state index contributed by atoms with van der Waals surface area (Å²) < 4.78 is 5.40. The van der Waals surface area contributed by atoms with Crippen molar-refractivity contribution in [1.82, 2.24) is 5.32 Å². The van der Waals surface area contributed by atoms with Crippen molar-refractivity contribution >= 4 is 5.91 Å². The highest BCUT2D eigenvalue weighted by Gasteiger charge is 2.27. The summed E-state index contributed by atoms with van der Waals surface area (Å²) >= 11 is 0. The third-order valence-corrected chi connectivity index (χ3v) is 2.36. The van der Waals surface area contributed by atoms with Gasteiger partial charge in [-0.05, 0) is 19.8 Å². The lowest BCUT2D eigenvalue weighted by Gasteiger charge is -2.27. The largest absolute Gasteiger partial charge is 0.378 e. The average Bonchev–Trinajstić information content (AvgIpc) is 2.15. The number of hydrogen-bond acceptors (Lipinski definition) is 2. The van der Waals surface area contributed by atoms with Gasteiger partial charge in [-0.25, -0.2) is 0 Å². The van der Waals surface area contributed by atoms with Gasteiger partial charge in [0.15, 0.2) is 0 Å². The molecule has 0 radical (unpaired) electrons.